The standard InChI is InChI=1S/C11H10FN3O2/c1-17-8-4-2-3-6(9(8)12)10(16)7-5-14-15-11(7)13/h2-5H,1H3,(H3,13,14,15). The van der Waals surface area contributed by atoms with Crippen LogP contribution in [0.1, 0.15) is 15.9 Å². The van der Waals surface area contributed by atoms with Crippen LogP contribution in [-0.2, 0) is 0 Å². The lowest BCUT2D eigenvalue weighted by Crippen LogP contribution is -2.07. The maximum atomic E-state index is 13.8. The van der Waals surface area contributed by atoms with Crippen LogP contribution in [0.3, 0.4) is 0 Å². The fraction of sp³-hybridized carbons (Fsp3) is 0.0909. The van der Waals surface area contributed by atoms with Gasteiger partial charge in [-0.1, -0.05) is 6.07 Å². The number of carbonyl (C=O) groups excluding carboxylic acids is 1. The van der Waals surface area contributed by atoms with Gasteiger partial charge >= 0.3 is 0 Å². The van der Waals surface area contributed by atoms with E-state index in [1.165, 1.54) is 31.5 Å². The summed E-state index contributed by atoms with van der Waals surface area (Å²) in [6.45, 7) is 0. The number of ether oxygens (including phenoxy) is 1. The number of nitrogens with one attached hydrogen (secondary N) is 1. The summed E-state index contributed by atoms with van der Waals surface area (Å²) < 4.78 is 18.6. The number of carbonyl (C=O) groups is 1. The zero-order valence-electron chi connectivity index (χ0n) is 9.03. The van der Waals surface area contributed by atoms with Crippen LogP contribution in [0.2, 0.25) is 0 Å². The minimum Gasteiger partial charge on any atom is -0.494 e. The van der Waals surface area contributed by atoms with Gasteiger partial charge < -0.3 is 10.5 Å². The Labute approximate surface area is 96.4 Å². The SMILES string of the molecule is COc1cccc(C(=O)c2cn[nH]c2N)c1F. The predicted octanol–water partition coefficient (Wildman–Crippen LogP) is 1.37. The van der Waals surface area contributed by atoms with Crippen molar-refractivity contribution >= 4 is 11.6 Å². The van der Waals surface area contributed by atoms with E-state index < -0.39 is 11.6 Å². The summed E-state index contributed by atoms with van der Waals surface area (Å²) in [7, 11) is 1.33. The molecule has 6 heteroatoms. The van der Waals surface area contributed by atoms with E-state index in [9.17, 15) is 9.18 Å². The first kappa shape index (κ1) is 11.1. The molecule has 1 aromatic heterocycles. The molecule has 0 aliphatic rings. The van der Waals surface area contributed by atoms with Crippen molar-refractivity contribution in [2.45, 2.75) is 0 Å². The molecular weight excluding hydrogens is 225 g/mol. The quantitative estimate of drug-likeness (QED) is 0.787. The van der Waals surface area contributed by atoms with Gasteiger partial charge in [0.25, 0.3) is 0 Å². The topological polar surface area (TPSA) is 81.0 Å². The van der Waals surface area contributed by atoms with Gasteiger partial charge in [-0.05, 0) is 12.1 Å². The van der Waals surface area contributed by atoms with Gasteiger partial charge in [-0.2, -0.15) is 5.10 Å². The highest BCUT2D eigenvalue weighted by Gasteiger charge is 2.19. The van der Waals surface area contributed by atoms with Crippen molar-refractivity contribution < 1.29 is 13.9 Å². The number of anilines is 1. The number of nitrogens with zero attached hydrogens (tertiary/aromatic N) is 1. The maximum absolute atomic E-state index is 13.8. The molecule has 5 nitrogen and oxygen atoms in total. The van der Waals surface area contributed by atoms with E-state index in [2.05, 4.69) is 10.2 Å². The number of nitrogen functional groups attached to an aromatic ring is 1. The van der Waals surface area contributed by atoms with Crippen LogP contribution in [-0.4, -0.2) is 23.1 Å². The molecule has 0 saturated carbocycles. The molecule has 3 N–H and O–H groups in total. The first-order valence-electron chi connectivity index (χ1n) is 4.81. The average molecular weight is 235 g/mol. The number of ketones is 1. The summed E-state index contributed by atoms with van der Waals surface area (Å²) in [4.78, 5) is 12.0. The summed E-state index contributed by atoms with van der Waals surface area (Å²) in [5.41, 5.74) is 5.54. The summed E-state index contributed by atoms with van der Waals surface area (Å²) in [5.74, 6) is -1.12. The normalized spacial score (nSPS) is 10.2. The third kappa shape index (κ3) is 1.84. The fourth-order valence-electron chi connectivity index (χ4n) is 1.47. The van der Waals surface area contributed by atoms with E-state index in [0.717, 1.165) is 0 Å². The lowest BCUT2D eigenvalue weighted by molar-refractivity contribution is 0.103. The number of methoxy groups -OCH3 is 1. The molecule has 0 amide bonds. The number of hydrogen-bond donors (Lipinski definition) is 2. The summed E-state index contributed by atoms with van der Waals surface area (Å²) in [6, 6.07) is 4.34. The molecule has 0 radical (unpaired) electrons. The Morgan fingerprint density at radius 1 is 1.47 bits per heavy atom. The van der Waals surface area contributed by atoms with Crippen molar-refractivity contribution in [2.75, 3.05) is 12.8 Å². The minimum absolute atomic E-state index is 0.0120. The number of aromatic amines is 1. The van der Waals surface area contributed by atoms with Gasteiger partial charge in [0.05, 0.1) is 24.4 Å². The number of benzene rings is 1. The van der Waals surface area contributed by atoms with Crippen LogP contribution >= 0.6 is 0 Å². The molecule has 0 atom stereocenters. The number of aromatic nitrogens is 2. The Kier molecular flexibility index (Phi) is 2.78. The van der Waals surface area contributed by atoms with Crippen LogP contribution < -0.4 is 10.5 Å². The summed E-state index contributed by atoms with van der Waals surface area (Å²) >= 11 is 0. The van der Waals surface area contributed by atoms with E-state index in [0.29, 0.717) is 0 Å². The zero-order chi connectivity index (χ0) is 12.4. The van der Waals surface area contributed by atoms with Gasteiger partial charge in [0, 0.05) is 0 Å². The molecule has 2 aromatic rings. The van der Waals surface area contributed by atoms with Crippen LogP contribution in [0.5, 0.6) is 5.75 Å². The molecule has 0 spiro atoms. The number of hydrogen-bond acceptors (Lipinski definition) is 4. The highest BCUT2D eigenvalue weighted by Crippen LogP contribution is 2.23. The smallest absolute Gasteiger partial charge is 0.201 e. The Balaban J connectivity index is 2.48. The molecule has 17 heavy (non-hydrogen) atoms. The molecule has 88 valence electrons. The molecular formula is C11H10FN3O2. The molecule has 0 unspecified atom stereocenters. The Bertz CT molecular complexity index is 566. The van der Waals surface area contributed by atoms with Crippen molar-refractivity contribution in [2.24, 2.45) is 0 Å². The molecule has 0 saturated heterocycles. The van der Waals surface area contributed by atoms with Gasteiger partial charge in [0.1, 0.15) is 5.82 Å². The minimum atomic E-state index is -0.708. The van der Waals surface area contributed by atoms with Crippen molar-refractivity contribution in [1.82, 2.24) is 10.2 Å². The van der Waals surface area contributed by atoms with Crippen LogP contribution in [0.15, 0.2) is 24.4 Å². The van der Waals surface area contributed by atoms with E-state index in [-0.39, 0.29) is 22.7 Å². The van der Waals surface area contributed by atoms with Gasteiger partial charge in [-0.3, -0.25) is 9.89 Å². The van der Waals surface area contributed by atoms with Gasteiger partial charge in [0.15, 0.2) is 11.6 Å². The van der Waals surface area contributed by atoms with Gasteiger partial charge in [0.2, 0.25) is 5.78 Å². The van der Waals surface area contributed by atoms with Crippen LogP contribution in [0.4, 0.5) is 10.2 Å². The lowest BCUT2D eigenvalue weighted by Gasteiger charge is -2.05. The molecule has 0 aliphatic heterocycles. The van der Waals surface area contributed by atoms with Crippen molar-refractivity contribution in [3.63, 3.8) is 0 Å². The zero-order valence-corrected chi connectivity index (χ0v) is 9.03. The molecule has 0 aliphatic carbocycles. The van der Waals surface area contributed by atoms with E-state index >= 15 is 0 Å². The van der Waals surface area contributed by atoms with Gasteiger partial charge in [-0.25, -0.2) is 4.39 Å². The predicted molar refractivity (Wildman–Crippen MR) is 59.4 cm³/mol. The monoisotopic (exact) mass is 235 g/mol. The highest BCUT2D eigenvalue weighted by molar-refractivity contribution is 6.11. The first-order chi connectivity index (χ1) is 8.15. The fourth-order valence-corrected chi connectivity index (χ4v) is 1.47. The summed E-state index contributed by atoms with van der Waals surface area (Å²) in [5, 5.41) is 6.04. The van der Waals surface area contributed by atoms with Crippen molar-refractivity contribution in [3.8, 4) is 5.75 Å². The van der Waals surface area contributed by atoms with Gasteiger partial charge in [-0.15, -0.1) is 0 Å². The summed E-state index contributed by atoms with van der Waals surface area (Å²) in [6.07, 6.45) is 1.26. The second kappa shape index (κ2) is 4.25. The Hall–Kier alpha value is -2.37. The number of nitrogens with two attached hydrogens (primary N) is 1. The second-order valence-corrected chi connectivity index (χ2v) is 3.35. The third-order valence-corrected chi connectivity index (χ3v) is 2.34. The van der Waals surface area contributed by atoms with Crippen molar-refractivity contribution in [3.05, 3.63) is 41.3 Å². The van der Waals surface area contributed by atoms with Crippen LogP contribution in [0, 0.1) is 5.82 Å². The molecule has 1 heterocycles. The highest BCUT2D eigenvalue weighted by atomic mass is 19.1. The number of rotatable bonds is 3. The van der Waals surface area contributed by atoms with E-state index in [1.807, 2.05) is 0 Å². The van der Waals surface area contributed by atoms with E-state index in [4.69, 9.17) is 10.5 Å². The van der Waals surface area contributed by atoms with E-state index in [1.54, 1.807) is 0 Å². The molecule has 0 fully saturated rings. The number of halogens is 1. The third-order valence-electron chi connectivity index (χ3n) is 2.34. The number of H-pyrrole nitrogens is 1. The Morgan fingerprint density at radius 3 is 2.82 bits per heavy atom. The lowest BCUT2D eigenvalue weighted by atomic mass is 10.0. The van der Waals surface area contributed by atoms with Crippen molar-refractivity contribution in [1.29, 1.82) is 0 Å². The maximum Gasteiger partial charge on any atom is 0.201 e. The average Bonchev–Trinajstić information content (AvgIpc) is 2.75. The molecule has 2 rings (SSSR count). The first-order valence-corrected chi connectivity index (χ1v) is 4.81. The molecule has 1 aromatic carbocycles. The Morgan fingerprint density at radius 2 is 2.24 bits per heavy atom. The van der Waals surface area contributed by atoms with Crippen LogP contribution in [0.25, 0.3) is 0 Å². The largest absolute Gasteiger partial charge is 0.494 e. The molecule has 0 bridgehead atoms. The second-order valence-electron chi connectivity index (χ2n) is 3.35.